The van der Waals surface area contributed by atoms with Crippen LogP contribution in [0.5, 0.6) is 5.75 Å². The van der Waals surface area contributed by atoms with Crippen molar-refractivity contribution in [3.63, 3.8) is 0 Å². The number of rotatable bonds is 8. The van der Waals surface area contributed by atoms with Crippen molar-refractivity contribution in [1.82, 2.24) is 5.32 Å². The molecule has 0 heterocycles. The number of nitrogens with two attached hydrogens (primary N) is 1. The highest BCUT2D eigenvalue weighted by Gasteiger charge is 2.13. The first-order valence-electron chi connectivity index (χ1n) is 8.04. The molecule has 0 amide bonds. The maximum absolute atomic E-state index is 6.03. The summed E-state index contributed by atoms with van der Waals surface area (Å²) in [6.45, 7) is 3.94. The van der Waals surface area contributed by atoms with Crippen LogP contribution in [0.4, 0.5) is 5.69 Å². The minimum Gasteiger partial charge on any atom is -0.491 e. The fraction of sp³-hybridized carbons (Fsp3) is 0.647. The molecule has 0 aliphatic heterocycles. The van der Waals surface area contributed by atoms with Crippen molar-refractivity contribution in [2.75, 3.05) is 18.9 Å². The Hall–Kier alpha value is -1.22. The van der Waals surface area contributed by atoms with Gasteiger partial charge < -0.3 is 15.8 Å². The second kappa shape index (κ2) is 8.15. The SMILES string of the molecule is CCCOc1ccc(CCCNC2CCCC2)cc1N. The molecule has 1 saturated carbocycles. The number of benzene rings is 1. The summed E-state index contributed by atoms with van der Waals surface area (Å²) in [5.41, 5.74) is 8.09. The number of anilines is 1. The summed E-state index contributed by atoms with van der Waals surface area (Å²) in [6, 6.07) is 6.97. The van der Waals surface area contributed by atoms with E-state index in [1.807, 2.05) is 6.07 Å². The molecular formula is C17H28N2O. The Labute approximate surface area is 122 Å². The fourth-order valence-corrected chi connectivity index (χ4v) is 2.83. The molecule has 1 aliphatic carbocycles. The van der Waals surface area contributed by atoms with Crippen LogP contribution in [0.25, 0.3) is 0 Å². The number of ether oxygens (including phenoxy) is 1. The van der Waals surface area contributed by atoms with Gasteiger partial charge in [-0.15, -0.1) is 0 Å². The van der Waals surface area contributed by atoms with Crippen LogP contribution in [0, 0.1) is 0 Å². The van der Waals surface area contributed by atoms with Gasteiger partial charge in [-0.2, -0.15) is 0 Å². The number of hydrogen-bond acceptors (Lipinski definition) is 3. The van der Waals surface area contributed by atoms with Gasteiger partial charge in [-0.05, 0) is 56.3 Å². The molecule has 1 aliphatic rings. The molecule has 1 fully saturated rings. The summed E-state index contributed by atoms with van der Waals surface area (Å²) in [4.78, 5) is 0. The molecule has 1 aromatic carbocycles. The van der Waals surface area contributed by atoms with Crippen molar-refractivity contribution < 1.29 is 4.74 Å². The van der Waals surface area contributed by atoms with Crippen molar-refractivity contribution >= 4 is 5.69 Å². The first-order valence-corrected chi connectivity index (χ1v) is 8.04. The van der Waals surface area contributed by atoms with Crippen LogP contribution in [0.1, 0.15) is 51.0 Å². The van der Waals surface area contributed by atoms with Crippen molar-refractivity contribution in [2.45, 2.75) is 57.9 Å². The fourth-order valence-electron chi connectivity index (χ4n) is 2.83. The van der Waals surface area contributed by atoms with Crippen LogP contribution in [0.15, 0.2) is 18.2 Å². The third kappa shape index (κ3) is 4.71. The topological polar surface area (TPSA) is 47.3 Å². The predicted molar refractivity (Wildman–Crippen MR) is 85.2 cm³/mol. The Morgan fingerprint density at radius 3 is 2.80 bits per heavy atom. The average Bonchev–Trinajstić information content (AvgIpc) is 2.96. The normalized spacial score (nSPS) is 15.7. The zero-order chi connectivity index (χ0) is 14.2. The Balaban J connectivity index is 1.71. The molecule has 3 nitrogen and oxygen atoms in total. The number of nitrogens with one attached hydrogen (secondary N) is 1. The monoisotopic (exact) mass is 276 g/mol. The molecule has 3 N–H and O–H groups in total. The van der Waals surface area contributed by atoms with E-state index in [2.05, 4.69) is 24.4 Å². The molecule has 0 radical (unpaired) electrons. The molecule has 112 valence electrons. The Bertz CT molecular complexity index is 400. The van der Waals surface area contributed by atoms with E-state index in [0.29, 0.717) is 0 Å². The highest BCUT2D eigenvalue weighted by Crippen LogP contribution is 2.23. The smallest absolute Gasteiger partial charge is 0.142 e. The summed E-state index contributed by atoms with van der Waals surface area (Å²) in [6.07, 6.45) is 8.77. The van der Waals surface area contributed by atoms with E-state index in [0.717, 1.165) is 43.5 Å². The third-order valence-electron chi connectivity index (χ3n) is 3.97. The minimum atomic E-state index is 0.731. The molecule has 0 atom stereocenters. The molecule has 1 aromatic rings. The van der Waals surface area contributed by atoms with Crippen molar-refractivity contribution in [3.05, 3.63) is 23.8 Å². The first kappa shape index (κ1) is 15.2. The quantitative estimate of drug-likeness (QED) is 0.564. The lowest BCUT2D eigenvalue weighted by atomic mass is 10.1. The average molecular weight is 276 g/mol. The van der Waals surface area contributed by atoms with Crippen LogP contribution < -0.4 is 15.8 Å². The van der Waals surface area contributed by atoms with Crippen LogP contribution in [-0.2, 0) is 6.42 Å². The first-order chi connectivity index (χ1) is 9.79. The van der Waals surface area contributed by atoms with Crippen LogP contribution in [-0.4, -0.2) is 19.2 Å². The maximum atomic E-state index is 6.03. The molecule has 3 heteroatoms. The van der Waals surface area contributed by atoms with E-state index < -0.39 is 0 Å². The van der Waals surface area contributed by atoms with Gasteiger partial charge in [0.15, 0.2) is 0 Å². The van der Waals surface area contributed by atoms with Gasteiger partial charge in [0.05, 0.1) is 12.3 Å². The molecule has 0 unspecified atom stereocenters. The van der Waals surface area contributed by atoms with E-state index >= 15 is 0 Å². The number of hydrogen-bond donors (Lipinski definition) is 2. The zero-order valence-corrected chi connectivity index (χ0v) is 12.7. The van der Waals surface area contributed by atoms with E-state index in [4.69, 9.17) is 10.5 Å². The maximum Gasteiger partial charge on any atom is 0.142 e. The van der Waals surface area contributed by atoms with Crippen molar-refractivity contribution in [1.29, 1.82) is 0 Å². The summed E-state index contributed by atoms with van der Waals surface area (Å²) in [5.74, 6) is 0.819. The summed E-state index contributed by atoms with van der Waals surface area (Å²) >= 11 is 0. The lowest BCUT2D eigenvalue weighted by Gasteiger charge is -2.12. The van der Waals surface area contributed by atoms with Gasteiger partial charge in [0, 0.05) is 6.04 Å². The summed E-state index contributed by atoms with van der Waals surface area (Å²) < 4.78 is 5.60. The van der Waals surface area contributed by atoms with Gasteiger partial charge in [0.25, 0.3) is 0 Å². The van der Waals surface area contributed by atoms with E-state index in [9.17, 15) is 0 Å². The van der Waals surface area contributed by atoms with Gasteiger partial charge >= 0.3 is 0 Å². The summed E-state index contributed by atoms with van der Waals surface area (Å²) in [5, 5.41) is 3.65. The van der Waals surface area contributed by atoms with E-state index in [1.165, 1.54) is 37.7 Å². The van der Waals surface area contributed by atoms with E-state index in [1.54, 1.807) is 0 Å². The third-order valence-corrected chi connectivity index (χ3v) is 3.97. The molecule has 2 rings (SSSR count). The second-order valence-corrected chi connectivity index (χ2v) is 5.76. The predicted octanol–water partition coefficient (Wildman–Crippen LogP) is 3.52. The summed E-state index contributed by atoms with van der Waals surface area (Å²) in [7, 11) is 0. The van der Waals surface area contributed by atoms with Crippen LogP contribution in [0.3, 0.4) is 0 Å². The highest BCUT2D eigenvalue weighted by atomic mass is 16.5. The van der Waals surface area contributed by atoms with Crippen LogP contribution in [0.2, 0.25) is 0 Å². The van der Waals surface area contributed by atoms with E-state index in [-0.39, 0.29) is 0 Å². The van der Waals surface area contributed by atoms with Gasteiger partial charge in [0.2, 0.25) is 0 Å². The van der Waals surface area contributed by atoms with Gasteiger partial charge in [-0.1, -0.05) is 25.8 Å². The Morgan fingerprint density at radius 2 is 2.10 bits per heavy atom. The minimum absolute atomic E-state index is 0.731. The lowest BCUT2D eigenvalue weighted by Crippen LogP contribution is -2.27. The molecule has 0 saturated heterocycles. The molecule has 20 heavy (non-hydrogen) atoms. The molecule has 0 aromatic heterocycles. The standard InChI is InChI=1S/C17H28N2O/c1-2-12-20-17-10-9-14(13-16(17)18)6-5-11-19-15-7-3-4-8-15/h9-10,13,15,19H,2-8,11-12,18H2,1H3. The van der Waals surface area contributed by atoms with Gasteiger partial charge in [-0.3, -0.25) is 0 Å². The Morgan fingerprint density at radius 1 is 1.30 bits per heavy atom. The van der Waals surface area contributed by atoms with Crippen LogP contribution >= 0.6 is 0 Å². The largest absolute Gasteiger partial charge is 0.491 e. The van der Waals surface area contributed by atoms with Crippen molar-refractivity contribution in [2.24, 2.45) is 0 Å². The van der Waals surface area contributed by atoms with Gasteiger partial charge in [-0.25, -0.2) is 0 Å². The number of aryl methyl sites for hydroxylation is 1. The highest BCUT2D eigenvalue weighted by molar-refractivity contribution is 5.54. The van der Waals surface area contributed by atoms with Gasteiger partial charge in [0.1, 0.15) is 5.75 Å². The zero-order valence-electron chi connectivity index (χ0n) is 12.7. The Kier molecular flexibility index (Phi) is 6.19. The molecule has 0 spiro atoms. The molecule has 0 bridgehead atoms. The second-order valence-electron chi connectivity index (χ2n) is 5.76. The van der Waals surface area contributed by atoms with Crippen molar-refractivity contribution in [3.8, 4) is 5.75 Å². The number of nitrogen functional groups attached to an aromatic ring is 1. The molecular weight excluding hydrogens is 248 g/mol. The lowest BCUT2D eigenvalue weighted by molar-refractivity contribution is 0.319.